The summed E-state index contributed by atoms with van der Waals surface area (Å²) >= 11 is 0. The van der Waals surface area contributed by atoms with Crippen LogP contribution in [0.15, 0.2) is 24.3 Å². The van der Waals surface area contributed by atoms with Crippen LogP contribution in [0.3, 0.4) is 0 Å². The van der Waals surface area contributed by atoms with Gasteiger partial charge in [0.1, 0.15) is 13.1 Å². The molecule has 0 amide bonds. The minimum absolute atomic E-state index is 0. The van der Waals surface area contributed by atoms with E-state index in [0.29, 0.717) is 0 Å². The van der Waals surface area contributed by atoms with Gasteiger partial charge in [-0.25, -0.2) is 0 Å². The first kappa shape index (κ1) is 22.1. The second kappa shape index (κ2) is 7.77. The van der Waals surface area contributed by atoms with Crippen molar-refractivity contribution in [3.05, 3.63) is 24.3 Å². The monoisotopic (exact) mass is 608 g/mol. The van der Waals surface area contributed by atoms with Gasteiger partial charge in [0.2, 0.25) is 0 Å². The highest BCUT2D eigenvalue weighted by molar-refractivity contribution is 5.12. The van der Waals surface area contributed by atoms with Crippen molar-refractivity contribution in [2.75, 3.05) is 53.4 Å². The Hall–Kier alpha value is 0.860. The van der Waals surface area contributed by atoms with Crippen LogP contribution in [0.25, 0.3) is 0 Å². The molecule has 8 unspecified atom stereocenters. The van der Waals surface area contributed by atoms with E-state index in [1.54, 1.807) is 0 Å². The number of hydrogen-bond acceptors (Lipinski definition) is 0. The van der Waals surface area contributed by atoms with E-state index in [-0.39, 0.29) is 48.0 Å². The van der Waals surface area contributed by atoms with Crippen molar-refractivity contribution in [3.8, 4) is 0 Å². The van der Waals surface area contributed by atoms with Crippen LogP contribution in [0.2, 0.25) is 0 Å². The summed E-state index contributed by atoms with van der Waals surface area (Å²) in [6, 6.07) is 0. The van der Waals surface area contributed by atoms with Crippen LogP contribution in [0, 0.1) is 47.3 Å². The molecule has 4 heteroatoms. The van der Waals surface area contributed by atoms with Crippen LogP contribution in [-0.2, 0) is 0 Å². The molecule has 6 aliphatic carbocycles. The van der Waals surface area contributed by atoms with Crippen LogP contribution in [0.1, 0.15) is 25.7 Å². The second-order valence-corrected chi connectivity index (χ2v) is 11.7. The molecular formula is C24H38I2N2. The van der Waals surface area contributed by atoms with Crippen molar-refractivity contribution in [2.24, 2.45) is 47.3 Å². The lowest BCUT2D eigenvalue weighted by Gasteiger charge is -2.38. The summed E-state index contributed by atoms with van der Waals surface area (Å²) in [5.74, 6) is 7.73. The third kappa shape index (κ3) is 3.48. The molecule has 0 radical (unpaired) electrons. The number of hydrogen-bond donors (Lipinski definition) is 0. The van der Waals surface area contributed by atoms with Gasteiger partial charge in [0.25, 0.3) is 0 Å². The van der Waals surface area contributed by atoms with Gasteiger partial charge < -0.3 is 56.9 Å². The molecule has 0 aromatic heterocycles. The molecule has 28 heavy (non-hydrogen) atoms. The number of halogens is 2. The highest BCUT2D eigenvalue weighted by Crippen LogP contribution is 2.51. The first-order valence-electron chi connectivity index (χ1n) is 11.6. The van der Waals surface area contributed by atoms with Crippen LogP contribution in [0.4, 0.5) is 0 Å². The van der Waals surface area contributed by atoms with Crippen molar-refractivity contribution in [1.29, 1.82) is 0 Å². The molecule has 2 saturated heterocycles. The fraction of sp³-hybridized carbons (Fsp3) is 0.833. The van der Waals surface area contributed by atoms with Crippen molar-refractivity contribution in [3.63, 3.8) is 0 Å². The minimum atomic E-state index is 0. The van der Waals surface area contributed by atoms with E-state index in [4.69, 9.17) is 0 Å². The number of allylic oxidation sites excluding steroid dienone is 4. The Balaban J connectivity index is 0.000000961. The van der Waals surface area contributed by atoms with Crippen LogP contribution >= 0.6 is 0 Å². The number of nitrogens with zero attached hydrogens (tertiary/aromatic N) is 2. The summed E-state index contributed by atoms with van der Waals surface area (Å²) in [7, 11) is 5.19. The van der Waals surface area contributed by atoms with Gasteiger partial charge in [0, 0.05) is 23.7 Å². The molecule has 0 N–H and O–H groups in total. The van der Waals surface area contributed by atoms with Gasteiger partial charge in [0.15, 0.2) is 0 Å². The van der Waals surface area contributed by atoms with Gasteiger partial charge in [-0.05, 0) is 49.4 Å². The molecule has 8 atom stereocenters. The highest BCUT2D eigenvalue weighted by atomic mass is 127. The quantitative estimate of drug-likeness (QED) is 0.190. The SMILES string of the molecule is C[N+]1(CC[N+]2(C)CC3C4C=CC(CC4)C3C2)CC2C3C=CC(CC3)C2C1.[I-].[I-]. The van der Waals surface area contributed by atoms with E-state index in [2.05, 4.69) is 38.4 Å². The Labute approximate surface area is 206 Å². The highest BCUT2D eigenvalue weighted by Gasteiger charge is 2.55. The zero-order valence-corrected chi connectivity index (χ0v) is 22.0. The lowest BCUT2D eigenvalue weighted by Crippen LogP contribution is -3.00. The molecule has 0 spiro atoms. The van der Waals surface area contributed by atoms with E-state index in [1.807, 2.05) is 0 Å². The molecule has 4 fully saturated rings. The first-order valence-corrected chi connectivity index (χ1v) is 11.6. The van der Waals surface area contributed by atoms with E-state index in [0.717, 1.165) is 47.3 Å². The summed E-state index contributed by atoms with van der Waals surface area (Å²) in [4.78, 5) is 0. The first-order chi connectivity index (χ1) is 12.5. The summed E-state index contributed by atoms with van der Waals surface area (Å²) in [6.07, 6.45) is 16.3. The minimum Gasteiger partial charge on any atom is -1.00 e. The normalized spacial score (nSPS) is 54.8. The zero-order chi connectivity index (χ0) is 17.5. The second-order valence-electron chi connectivity index (χ2n) is 11.7. The molecule has 2 aliphatic heterocycles. The topological polar surface area (TPSA) is 0 Å². The van der Waals surface area contributed by atoms with Crippen molar-refractivity contribution < 1.29 is 56.9 Å². The third-order valence-corrected chi connectivity index (χ3v) is 9.96. The van der Waals surface area contributed by atoms with Crippen LogP contribution in [0.5, 0.6) is 0 Å². The Morgan fingerprint density at radius 1 is 0.536 bits per heavy atom. The van der Waals surface area contributed by atoms with Crippen molar-refractivity contribution >= 4 is 0 Å². The molecule has 8 aliphatic rings. The number of likely N-dealkylation sites (N-methyl/N-ethyl adjacent to an activating group) is 2. The Kier molecular flexibility index (Phi) is 6.12. The van der Waals surface area contributed by atoms with Crippen molar-refractivity contribution in [2.45, 2.75) is 25.7 Å². The maximum atomic E-state index is 2.60. The maximum Gasteiger partial charge on any atom is 0.128 e. The van der Waals surface area contributed by atoms with Crippen LogP contribution < -0.4 is 48.0 Å². The molecule has 2 nitrogen and oxygen atoms in total. The molecule has 0 aromatic carbocycles. The average molecular weight is 608 g/mol. The fourth-order valence-electron chi connectivity index (χ4n) is 8.54. The zero-order valence-electron chi connectivity index (χ0n) is 17.6. The van der Waals surface area contributed by atoms with Gasteiger partial charge in [-0.1, -0.05) is 24.3 Å². The lowest BCUT2D eigenvalue weighted by molar-refractivity contribution is -0.955. The predicted molar refractivity (Wildman–Crippen MR) is 106 cm³/mol. The van der Waals surface area contributed by atoms with Crippen LogP contribution in [-0.4, -0.2) is 62.3 Å². The standard InChI is InChI=1S/C24H38N2.2HI/c1-25(13-21-17-3-4-18(6-5-17)22(21)14-25)11-12-26(2)15-23-19-7-8-20(10-9-19)24(23)16-26;;/h3-4,7-8,17-24H,5-6,9-16H2,1-2H3;2*1H/q+2;;/p-2. The summed E-state index contributed by atoms with van der Waals surface area (Å²) in [5, 5.41) is 0. The summed E-state index contributed by atoms with van der Waals surface area (Å²) in [5.41, 5.74) is 0. The van der Waals surface area contributed by atoms with Gasteiger partial charge >= 0.3 is 0 Å². The average Bonchev–Trinajstić information content (AvgIpc) is 3.22. The van der Waals surface area contributed by atoms with Gasteiger partial charge in [-0.3, -0.25) is 0 Å². The molecule has 4 bridgehead atoms. The van der Waals surface area contributed by atoms with E-state index < -0.39 is 0 Å². The number of likely N-dealkylation sites (tertiary alicyclic amines) is 2. The molecule has 158 valence electrons. The summed E-state index contributed by atoms with van der Waals surface area (Å²) < 4.78 is 2.75. The third-order valence-electron chi connectivity index (χ3n) is 9.96. The van der Waals surface area contributed by atoms with Gasteiger partial charge in [-0.2, -0.15) is 0 Å². The number of fused-ring (bicyclic) bond motifs is 2. The van der Waals surface area contributed by atoms with Gasteiger partial charge in [-0.15, -0.1) is 0 Å². The smallest absolute Gasteiger partial charge is 0.128 e. The Morgan fingerprint density at radius 2 is 0.786 bits per heavy atom. The molecule has 2 saturated carbocycles. The maximum absolute atomic E-state index is 2.60. The Morgan fingerprint density at radius 3 is 1.00 bits per heavy atom. The molecular weight excluding hydrogens is 570 g/mol. The van der Waals surface area contributed by atoms with E-state index >= 15 is 0 Å². The molecule has 8 rings (SSSR count). The van der Waals surface area contributed by atoms with Gasteiger partial charge in [0.05, 0.1) is 40.3 Å². The summed E-state index contributed by atoms with van der Waals surface area (Å²) in [6.45, 7) is 8.72. The Bertz CT molecular complexity index is 559. The fourth-order valence-corrected chi connectivity index (χ4v) is 8.54. The lowest BCUT2D eigenvalue weighted by atomic mass is 9.64. The largest absolute Gasteiger partial charge is 1.00 e. The number of rotatable bonds is 3. The molecule has 2 heterocycles. The van der Waals surface area contributed by atoms with E-state index in [1.165, 1.54) is 73.9 Å². The van der Waals surface area contributed by atoms with Crippen molar-refractivity contribution in [1.82, 2.24) is 0 Å². The predicted octanol–water partition coefficient (Wildman–Crippen LogP) is -2.43. The number of quaternary nitrogens is 2. The van der Waals surface area contributed by atoms with E-state index in [9.17, 15) is 0 Å². The molecule has 0 aromatic rings.